The summed E-state index contributed by atoms with van der Waals surface area (Å²) in [4.78, 5) is 35.9. The third-order valence-electron chi connectivity index (χ3n) is 3.62. The van der Waals surface area contributed by atoms with Gasteiger partial charge in [0.05, 0.1) is 5.56 Å². The minimum Gasteiger partial charge on any atom is -0.370 e. The zero-order valence-electron chi connectivity index (χ0n) is 12.1. The molecule has 0 aromatic heterocycles. The highest BCUT2D eigenvalue weighted by Crippen LogP contribution is 2.34. The average Bonchev–Trinajstić information content (AvgIpc) is 2.67. The molecule has 3 N–H and O–H groups in total. The van der Waals surface area contributed by atoms with Gasteiger partial charge in [-0.2, -0.15) is 13.2 Å². The molecule has 2 rings (SSSR count). The Kier molecular flexibility index (Phi) is 4.06. The van der Waals surface area contributed by atoms with Crippen LogP contribution < -0.4 is 11.1 Å². The minimum atomic E-state index is -4.57. The standard InChI is InChI=1S/C14H14F3N3O3/c1-13(8-3-2-4-9(7-8)14(15,16)17)11(22)20(12(23)19-13)6-5-10(18)21/h2-4,7H,5-6H2,1H3,(H2,18,21)(H,19,23)/t13-/m1/s1. The Labute approximate surface area is 129 Å². The summed E-state index contributed by atoms with van der Waals surface area (Å²) in [6.07, 6.45) is -4.79. The van der Waals surface area contributed by atoms with E-state index in [2.05, 4.69) is 5.32 Å². The number of urea groups is 1. The number of nitrogens with one attached hydrogen (secondary N) is 1. The Bertz CT molecular complexity index is 675. The predicted octanol–water partition coefficient (Wildman–Crippen LogP) is 1.35. The van der Waals surface area contributed by atoms with E-state index in [4.69, 9.17) is 5.73 Å². The first-order valence-electron chi connectivity index (χ1n) is 6.66. The number of imide groups is 1. The van der Waals surface area contributed by atoms with Crippen molar-refractivity contribution in [3.8, 4) is 0 Å². The highest BCUT2D eigenvalue weighted by atomic mass is 19.4. The topological polar surface area (TPSA) is 92.5 Å². The second kappa shape index (κ2) is 5.56. The summed E-state index contributed by atoms with van der Waals surface area (Å²) in [5.74, 6) is -1.43. The molecule has 9 heteroatoms. The van der Waals surface area contributed by atoms with Crippen LogP contribution in [0.2, 0.25) is 0 Å². The van der Waals surface area contributed by atoms with Crippen LogP contribution in [0.25, 0.3) is 0 Å². The number of nitrogens with zero attached hydrogens (tertiary/aromatic N) is 1. The van der Waals surface area contributed by atoms with E-state index in [0.29, 0.717) is 0 Å². The van der Waals surface area contributed by atoms with E-state index >= 15 is 0 Å². The Balaban J connectivity index is 2.34. The Morgan fingerprint density at radius 2 is 2.00 bits per heavy atom. The number of hydrogen-bond donors (Lipinski definition) is 2. The summed E-state index contributed by atoms with van der Waals surface area (Å²) in [7, 11) is 0. The fourth-order valence-corrected chi connectivity index (χ4v) is 2.32. The van der Waals surface area contributed by atoms with E-state index in [1.54, 1.807) is 0 Å². The first-order chi connectivity index (χ1) is 10.6. The SMILES string of the molecule is C[C@]1(c2cccc(C(F)(F)F)c2)NC(=O)N(CCC(N)=O)C1=O. The molecule has 0 bridgehead atoms. The zero-order chi connectivity index (χ0) is 17.4. The van der Waals surface area contributed by atoms with Gasteiger partial charge in [0, 0.05) is 13.0 Å². The van der Waals surface area contributed by atoms with Crippen molar-refractivity contribution in [3.05, 3.63) is 35.4 Å². The number of nitrogens with two attached hydrogens (primary N) is 1. The van der Waals surface area contributed by atoms with Gasteiger partial charge in [-0.05, 0) is 24.6 Å². The Morgan fingerprint density at radius 1 is 1.35 bits per heavy atom. The van der Waals surface area contributed by atoms with Crippen molar-refractivity contribution >= 4 is 17.8 Å². The molecule has 0 aliphatic carbocycles. The van der Waals surface area contributed by atoms with Crippen molar-refractivity contribution in [1.82, 2.24) is 10.2 Å². The quantitative estimate of drug-likeness (QED) is 0.817. The van der Waals surface area contributed by atoms with E-state index in [9.17, 15) is 27.6 Å². The lowest BCUT2D eigenvalue weighted by molar-refractivity contribution is -0.138. The number of benzene rings is 1. The molecule has 4 amide bonds. The summed E-state index contributed by atoms with van der Waals surface area (Å²) >= 11 is 0. The predicted molar refractivity (Wildman–Crippen MR) is 72.9 cm³/mol. The molecule has 0 spiro atoms. The van der Waals surface area contributed by atoms with Crippen LogP contribution in [0, 0.1) is 0 Å². The van der Waals surface area contributed by atoms with Gasteiger partial charge in [0.1, 0.15) is 5.54 Å². The summed E-state index contributed by atoms with van der Waals surface area (Å²) in [5.41, 5.74) is 2.43. The van der Waals surface area contributed by atoms with Gasteiger partial charge in [0.2, 0.25) is 5.91 Å². The zero-order valence-corrected chi connectivity index (χ0v) is 12.1. The van der Waals surface area contributed by atoms with Crippen LogP contribution in [0.5, 0.6) is 0 Å². The highest BCUT2D eigenvalue weighted by Gasteiger charge is 2.49. The maximum Gasteiger partial charge on any atom is 0.416 e. The molecule has 124 valence electrons. The number of carbonyl (C=O) groups excluding carboxylic acids is 3. The molecule has 23 heavy (non-hydrogen) atoms. The van der Waals surface area contributed by atoms with Gasteiger partial charge in [-0.1, -0.05) is 12.1 Å². The number of amides is 4. The van der Waals surface area contributed by atoms with Gasteiger partial charge in [-0.15, -0.1) is 0 Å². The molecular formula is C14H14F3N3O3. The molecule has 1 aromatic carbocycles. The highest BCUT2D eigenvalue weighted by molar-refractivity contribution is 6.07. The van der Waals surface area contributed by atoms with Crippen molar-refractivity contribution in [2.24, 2.45) is 5.73 Å². The second-order valence-electron chi connectivity index (χ2n) is 5.31. The first kappa shape index (κ1) is 16.8. The minimum absolute atomic E-state index is 0.00671. The van der Waals surface area contributed by atoms with E-state index in [1.807, 2.05) is 0 Å². The van der Waals surface area contributed by atoms with Gasteiger partial charge in [0.25, 0.3) is 5.91 Å². The van der Waals surface area contributed by atoms with Crippen LogP contribution >= 0.6 is 0 Å². The average molecular weight is 329 g/mol. The lowest BCUT2D eigenvalue weighted by Crippen LogP contribution is -2.41. The molecule has 0 radical (unpaired) electrons. The molecular weight excluding hydrogens is 315 g/mol. The first-order valence-corrected chi connectivity index (χ1v) is 6.66. The number of carbonyl (C=O) groups is 3. The second-order valence-corrected chi connectivity index (χ2v) is 5.31. The van der Waals surface area contributed by atoms with Crippen LogP contribution in [0.1, 0.15) is 24.5 Å². The third kappa shape index (κ3) is 3.13. The van der Waals surface area contributed by atoms with Crippen LogP contribution in [-0.4, -0.2) is 29.3 Å². The van der Waals surface area contributed by atoms with Gasteiger partial charge < -0.3 is 11.1 Å². The van der Waals surface area contributed by atoms with Crippen LogP contribution in [0.3, 0.4) is 0 Å². The van der Waals surface area contributed by atoms with Crippen LogP contribution in [-0.2, 0) is 21.3 Å². The summed E-state index contributed by atoms with van der Waals surface area (Å²) in [6.45, 7) is 1.08. The van der Waals surface area contributed by atoms with E-state index < -0.39 is 35.1 Å². The maximum absolute atomic E-state index is 12.8. The molecule has 1 fully saturated rings. The molecule has 1 atom stereocenters. The van der Waals surface area contributed by atoms with Crippen LogP contribution in [0.4, 0.5) is 18.0 Å². The lowest BCUT2D eigenvalue weighted by Gasteiger charge is -2.23. The molecule has 1 aromatic rings. The van der Waals surface area contributed by atoms with Crippen molar-refractivity contribution in [2.75, 3.05) is 6.54 Å². The van der Waals surface area contributed by atoms with Crippen molar-refractivity contribution in [1.29, 1.82) is 0 Å². The van der Waals surface area contributed by atoms with E-state index in [1.165, 1.54) is 13.0 Å². The largest absolute Gasteiger partial charge is 0.416 e. The van der Waals surface area contributed by atoms with Gasteiger partial charge in [-0.25, -0.2) is 4.79 Å². The van der Waals surface area contributed by atoms with E-state index in [0.717, 1.165) is 23.1 Å². The van der Waals surface area contributed by atoms with Gasteiger partial charge in [-0.3, -0.25) is 14.5 Å². The van der Waals surface area contributed by atoms with Crippen LogP contribution in [0.15, 0.2) is 24.3 Å². The fourth-order valence-electron chi connectivity index (χ4n) is 2.32. The van der Waals surface area contributed by atoms with Crippen molar-refractivity contribution in [3.63, 3.8) is 0 Å². The van der Waals surface area contributed by atoms with Gasteiger partial charge >= 0.3 is 12.2 Å². The summed E-state index contributed by atoms with van der Waals surface area (Å²) < 4.78 is 38.4. The Hall–Kier alpha value is -2.58. The molecule has 1 saturated heterocycles. The summed E-state index contributed by atoms with van der Waals surface area (Å²) in [6, 6.07) is 3.39. The molecule has 0 unspecified atom stereocenters. The number of primary amides is 1. The lowest BCUT2D eigenvalue weighted by atomic mass is 9.90. The Morgan fingerprint density at radius 3 is 2.57 bits per heavy atom. The number of hydrogen-bond acceptors (Lipinski definition) is 3. The molecule has 0 saturated carbocycles. The number of rotatable bonds is 4. The maximum atomic E-state index is 12.8. The van der Waals surface area contributed by atoms with Crippen molar-refractivity contribution < 1.29 is 27.6 Å². The van der Waals surface area contributed by atoms with Crippen molar-refractivity contribution in [2.45, 2.75) is 25.1 Å². The molecule has 1 aliphatic heterocycles. The van der Waals surface area contributed by atoms with E-state index in [-0.39, 0.29) is 18.5 Å². The molecule has 6 nitrogen and oxygen atoms in total. The fraction of sp³-hybridized carbons (Fsp3) is 0.357. The monoisotopic (exact) mass is 329 g/mol. The van der Waals surface area contributed by atoms with Gasteiger partial charge in [0.15, 0.2) is 0 Å². The normalized spacial score (nSPS) is 21.5. The molecule has 1 aliphatic rings. The number of alkyl halides is 3. The molecule has 1 heterocycles. The smallest absolute Gasteiger partial charge is 0.370 e. The third-order valence-corrected chi connectivity index (χ3v) is 3.62. The summed E-state index contributed by atoms with van der Waals surface area (Å²) in [5, 5.41) is 2.37. The number of halogens is 3.